The summed E-state index contributed by atoms with van der Waals surface area (Å²) in [5.74, 6) is 0.360. The van der Waals surface area contributed by atoms with Crippen LogP contribution in [0.2, 0.25) is 0 Å². The summed E-state index contributed by atoms with van der Waals surface area (Å²) in [5, 5.41) is 2.77. The molecule has 35 heavy (non-hydrogen) atoms. The first-order valence-electron chi connectivity index (χ1n) is 11.1. The summed E-state index contributed by atoms with van der Waals surface area (Å²) in [6, 6.07) is 22.3. The molecule has 1 aromatic heterocycles. The highest BCUT2D eigenvalue weighted by atomic mass is 19.4. The van der Waals surface area contributed by atoms with Crippen LogP contribution in [0.3, 0.4) is 0 Å². The van der Waals surface area contributed by atoms with E-state index in [4.69, 9.17) is 4.74 Å². The van der Waals surface area contributed by atoms with Gasteiger partial charge in [0.1, 0.15) is 5.75 Å². The van der Waals surface area contributed by atoms with Crippen LogP contribution >= 0.6 is 0 Å². The number of hydrogen-bond acceptors (Lipinski definition) is 2. The first kappa shape index (κ1) is 24.1. The lowest BCUT2D eigenvalue weighted by atomic mass is 10.1. The molecule has 1 N–H and O–H groups in total. The van der Waals surface area contributed by atoms with Gasteiger partial charge in [-0.15, -0.1) is 0 Å². The summed E-state index contributed by atoms with van der Waals surface area (Å²) in [7, 11) is 1.60. The second kappa shape index (κ2) is 9.70. The number of benzene rings is 3. The Hall–Kier alpha value is -4.00. The Labute approximate surface area is 202 Å². The Kier molecular flexibility index (Phi) is 6.69. The standard InChI is InChI=1S/C28H25F3N2O2/c1-18-7-11-23(12-8-18)33-19(2)25(16-26(33)21-9-13-24(35-3)14-10-21)27(34)32-17-20-5-4-6-22(15-20)28(29,30)31/h4-16H,17H2,1-3H3,(H,32,34). The van der Waals surface area contributed by atoms with Crippen LogP contribution in [0.25, 0.3) is 16.9 Å². The lowest BCUT2D eigenvalue weighted by Gasteiger charge is -2.13. The van der Waals surface area contributed by atoms with Crippen molar-refractivity contribution in [3.8, 4) is 22.7 Å². The molecular weight excluding hydrogens is 453 g/mol. The van der Waals surface area contributed by atoms with Gasteiger partial charge in [-0.25, -0.2) is 0 Å². The monoisotopic (exact) mass is 478 g/mol. The van der Waals surface area contributed by atoms with Crippen molar-refractivity contribution in [2.75, 3.05) is 7.11 Å². The number of alkyl halides is 3. The number of rotatable bonds is 6. The summed E-state index contributed by atoms with van der Waals surface area (Å²) in [6.07, 6.45) is -4.44. The quantitative estimate of drug-likeness (QED) is 0.334. The summed E-state index contributed by atoms with van der Waals surface area (Å²) in [6.45, 7) is 3.84. The van der Waals surface area contributed by atoms with E-state index in [-0.39, 0.29) is 12.5 Å². The van der Waals surface area contributed by atoms with Crippen LogP contribution in [0.5, 0.6) is 5.75 Å². The Balaban J connectivity index is 1.68. The molecule has 0 radical (unpaired) electrons. The van der Waals surface area contributed by atoms with Gasteiger partial charge < -0.3 is 14.6 Å². The van der Waals surface area contributed by atoms with Crippen molar-refractivity contribution in [3.05, 3.63) is 107 Å². The second-order valence-electron chi connectivity index (χ2n) is 8.31. The molecule has 4 nitrogen and oxygen atoms in total. The van der Waals surface area contributed by atoms with Gasteiger partial charge in [0.05, 0.1) is 23.9 Å². The van der Waals surface area contributed by atoms with Crippen LogP contribution < -0.4 is 10.1 Å². The van der Waals surface area contributed by atoms with E-state index in [2.05, 4.69) is 5.32 Å². The smallest absolute Gasteiger partial charge is 0.416 e. The van der Waals surface area contributed by atoms with Crippen LogP contribution in [-0.4, -0.2) is 17.6 Å². The molecule has 180 valence electrons. The van der Waals surface area contributed by atoms with Gasteiger partial charge in [-0.3, -0.25) is 4.79 Å². The molecule has 0 saturated heterocycles. The van der Waals surface area contributed by atoms with Crippen molar-refractivity contribution in [2.24, 2.45) is 0 Å². The molecule has 0 aliphatic rings. The zero-order chi connectivity index (χ0) is 25.2. The van der Waals surface area contributed by atoms with E-state index < -0.39 is 11.7 Å². The predicted molar refractivity (Wildman–Crippen MR) is 130 cm³/mol. The number of hydrogen-bond donors (Lipinski definition) is 1. The molecule has 0 bridgehead atoms. The Morgan fingerprint density at radius 1 is 0.943 bits per heavy atom. The van der Waals surface area contributed by atoms with E-state index in [0.717, 1.165) is 46.1 Å². The first-order valence-corrected chi connectivity index (χ1v) is 11.1. The number of nitrogens with zero attached hydrogens (tertiary/aromatic N) is 1. The average molecular weight is 479 g/mol. The highest BCUT2D eigenvalue weighted by Gasteiger charge is 2.30. The minimum atomic E-state index is -4.44. The van der Waals surface area contributed by atoms with E-state index in [1.807, 2.05) is 66.9 Å². The minimum absolute atomic E-state index is 0.0181. The summed E-state index contributed by atoms with van der Waals surface area (Å²) in [5.41, 5.74) is 4.53. The van der Waals surface area contributed by atoms with Gasteiger partial charge in [-0.1, -0.05) is 29.8 Å². The van der Waals surface area contributed by atoms with Gasteiger partial charge in [-0.05, 0) is 79.6 Å². The zero-order valence-corrected chi connectivity index (χ0v) is 19.6. The van der Waals surface area contributed by atoms with Gasteiger partial charge in [0.25, 0.3) is 5.91 Å². The fourth-order valence-electron chi connectivity index (χ4n) is 3.97. The van der Waals surface area contributed by atoms with Crippen molar-refractivity contribution < 1.29 is 22.7 Å². The van der Waals surface area contributed by atoms with Crippen LogP contribution in [0.1, 0.15) is 32.7 Å². The van der Waals surface area contributed by atoms with E-state index >= 15 is 0 Å². The Morgan fingerprint density at radius 3 is 2.26 bits per heavy atom. The van der Waals surface area contributed by atoms with E-state index in [1.54, 1.807) is 19.2 Å². The van der Waals surface area contributed by atoms with Crippen molar-refractivity contribution in [1.82, 2.24) is 9.88 Å². The van der Waals surface area contributed by atoms with Gasteiger partial charge in [0.2, 0.25) is 0 Å². The van der Waals surface area contributed by atoms with Crippen LogP contribution in [0.4, 0.5) is 13.2 Å². The summed E-state index contributed by atoms with van der Waals surface area (Å²) in [4.78, 5) is 13.1. The lowest BCUT2D eigenvalue weighted by molar-refractivity contribution is -0.137. The molecule has 0 unspecified atom stereocenters. The Bertz CT molecular complexity index is 1340. The van der Waals surface area contributed by atoms with Crippen molar-refractivity contribution in [2.45, 2.75) is 26.6 Å². The molecule has 3 aromatic carbocycles. The molecule has 0 saturated carbocycles. The minimum Gasteiger partial charge on any atom is -0.497 e. The number of carbonyl (C=O) groups is 1. The van der Waals surface area contributed by atoms with Gasteiger partial charge >= 0.3 is 6.18 Å². The van der Waals surface area contributed by atoms with Gasteiger partial charge in [0, 0.05) is 17.9 Å². The maximum Gasteiger partial charge on any atom is 0.416 e. The van der Waals surface area contributed by atoms with E-state index in [9.17, 15) is 18.0 Å². The van der Waals surface area contributed by atoms with Crippen molar-refractivity contribution in [1.29, 1.82) is 0 Å². The third-order valence-electron chi connectivity index (χ3n) is 5.88. The zero-order valence-electron chi connectivity index (χ0n) is 19.6. The molecule has 4 rings (SSSR count). The third kappa shape index (κ3) is 5.24. The molecule has 7 heteroatoms. The first-order chi connectivity index (χ1) is 16.7. The number of nitrogens with one attached hydrogen (secondary N) is 1. The number of halogens is 3. The molecule has 1 heterocycles. The van der Waals surface area contributed by atoms with Crippen molar-refractivity contribution >= 4 is 5.91 Å². The van der Waals surface area contributed by atoms with Crippen LogP contribution in [-0.2, 0) is 12.7 Å². The predicted octanol–water partition coefficient (Wildman–Crippen LogP) is 6.72. The average Bonchev–Trinajstić information content (AvgIpc) is 3.20. The largest absolute Gasteiger partial charge is 0.497 e. The van der Waals surface area contributed by atoms with E-state index in [0.29, 0.717) is 11.1 Å². The third-order valence-corrected chi connectivity index (χ3v) is 5.88. The van der Waals surface area contributed by atoms with Gasteiger partial charge in [-0.2, -0.15) is 13.2 Å². The molecule has 0 aliphatic heterocycles. The summed E-state index contributed by atoms with van der Waals surface area (Å²) < 4.78 is 46.3. The molecule has 1 amide bonds. The second-order valence-corrected chi connectivity index (χ2v) is 8.31. The molecule has 4 aromatic rings. The Morgan fingerprint density at radius 2 is 1.63 bits per heavy atom. The fourth-order valence-corrected chi connectivity index (χ4v) is 3.97. The topological polar surface area (TPSA) is 43.3 Å². The SMILES string of the molecule is COc1ccc(-c2cc(C(=O)NCc3cccc(C(F)(F)F)c3)c(C)n2-c2ccc(C)cc2)cc1. The fraction of sp³-hybridized carbons (Fsp3) is 0.179. The summed E-state index contributed by atoms with van der Waals surface area (Å²) >= 11 is 0. The number of carbonyl (C=O) groups excluding carboxylic acids is 1. The van der Waals surface area contributed by atoms with Crippen molar-refractivity contribution in [3.63, 3.8) is 0 Å². The highest BCUT2D eigenvalue weighted by molar-refractivity contribution is 5.97. The highest BCUT2D eigenvalue weighted by Crippen LogP contribution is 2.32. The number of amides is 1. The number of ether oxygens (including phenoxy) is 1. The number of aromatic nitrogens is 1. The maximum atomic E-state index is 13.1. The van der Waals surface area contributed by atoms with Crippen LogP contribution in [0, 0.1) is 13.8 Å². The number of methoxy groups -OCH3 is 1. The van der Waals surface area contributed by atoms with E-state index in [1.165, 1.54) is 6.07 Å². The van der Waals surface area contributed by atoms with Crippen LogP contribution in [0.15, 0.2) is 78.9 Å². The molecule has 0 atom stereocenters. The molecular formula is C28H25F3N2O2. The maximum absolute atomic E-state index is 13.1. The normalized spacial score (nSPS) is 11.4. The van der Waals surface area contributed by atoms with Gasteiger partial charge in [0.15, 0.2) is 0 Å². The molecule has 0 spiro atoms. The number of aryl methyl sites for hydroxylation is 1. The molecule has 0 fully saturated rings. The molecule has 0 aliphatic carbocycles. The lowest BCUT2D eigenvalue weighted by Crippen LogP contribution is -2.23.